The molecule has 3 aromatic carbocycles. The van der Waals surface area contributed by atoms with E-state index in [1.165, 1.54) is 0 Å². The first kappa shape index (κ1) is 21.1. The van der Waals surface area contributed by atoms with Crippen LogP contribution in [0, 0.1) is 0 Å². The summed E-state index contributed by atoms with van der Waals surface area (Å²) < 4.78 is 16.8. The van der Waals surface area contributed by atoms with Gasteiger partial charge in [-0.15, -0.1) is 0 Å². The van der Waals surface area contributed by atoms with E-state index in [-0.39, 0.29) is 22.7 Å². The van der Waals surface area contributed by atoms with Gasteiger partial charge in [0.25, 0.3) is 5.91 Å². The van der Waals surface area contributed by atoms with Crippen molar-refractivity contribution < 1.29 is 18.7 Å². The van der Waals surface area contributed by atoms with E-state index in [9.17, 15) is 9.59 Å². The highest BCUT2D eigenvalue weighted by atomic mass is 35.5. The fraction of sp³-hybridized carbons (Fsp3) is 0.154. The molecule has 1 aromatic heterocycles. The highest BCUT2D eigenvalue weighted by Crippen LogP contribution is 2.42. The fourth-order valence-corrected chi connectivity index (χ4v) is 4.35. The van der Waals surface area contributed by atoms with E-state index >= 15 is 0 Å². The maximum Gasteiger partial charge on any atom is 0.295 e. The smallest absolute Gasteiger partial charge is 0.295 e. The van der Waals surface area contributed by atoms with Crippen LogP contribution in [0.2, 0.25) is 5.02 Å². The lowest BCUT2D eigenvalue weighted by molar-refractivity contribution is 0.0971. The molecule has 1 unspecified atom stereocenters. The second-order valence-electron chi connectivity index (χ2n) is 7.59. The molecule has 0 radical (unpaired) electrons. The molecule has 1 amide bonds. The zero-order valence-electron chi connectivity index (χ0n) is 18.0. The lowest BCUT2D eigenvalue weighted by atomic mass is 9.98. The van der Waals surface area contributed by atoms with E-state index in [1.807, 2.05) is 19.1 Å². The van der Waals surface area contributed by atoms with Gasteiger partial charge in [0.05, 0.1) is 30.7 Å². The Morgan fingerprint density at radius 3 is 2.33 bits per heavy atom. The quantitative estimate of drug-likeness (QED) is 0.386. The molecule has 0 saturated carbocycles. The minimum Gasteiger partial charge on any atom is -0.497 e. The normalized spacial score (nSPS) is 15.1. The van der Waals surface area contributed by atoms with Crippen molar-refractivity contribution in [3.8, 4) is 11.5 Å². The number of halogens is 1. The van der Waals surface area contributed by atoms with E-state index in [4.69, 9.17) is 25.5 Å². The molecule has 5 rings (SSSR count). The molecule has 2 heterocycles. The van der Waals surface area contributed by atoms with Crippen molar-refractivity contribution in [3.63, 3.8) is 0 Å². The second kappa shape index (κ2) is 8.30. The first-order chi connectivity index (χ1) is 16.0. The number of fused-ring (bicyclic) bond motifs is 2. The van der Waals surface area contributed by atoms with Crippen LogP contribution in [0.25, 0.3) is 11.0 Å². The van der Waals surface area contributed by atoms with Crippen molar-refractivity contribution in [2.24, 2.45) is 0 Å². The number of hydrogen-bond donors (Lipinski definition) is 0. The number of benzene rings is 3. The molecule has 0 spiro atoms. The maximum atomic E-state index is 13.6. The molecule has 6 nitrogen and oxygen atoms in total. The number of anilines is 1. The van der Waals surface area contributed by atoms with Gasteiger partial charge >= 0.3 is 0 Å². The van der Waals surface area contributed by atoms with Gasteiger partial charge in [-0.3, -0.25) is 14.5 Å². The number of rotatable bonds is 5. The molecule has 0 N–H and O–H groups in total. The Hall–Kier alpha value is -3.77. The number of carbonyl (C=O) groups is 1. The maximum absolute atomic E-state index is 13.6. The average Bonchev–Trinajstić information content (AvgIpc) is 3.13. The first-order valence-corrected chi connectivity index (χ1v) is 10.9. The monoisotopic (exact) mass is 461 g/mol. The van der Waals surface area contributed by atoms with Crippen LogP contribution in [-0.4, -0.2) is 19.6 Å². The summed E-state index contributed by atoms with van der Waals surface area (Å²) in [6, 6.07) is 18.6. The van der Waals surface area contributed by atoms with Gasteiger partial charge < -0.3 is 13.9 Å². The lowest BCUT2D eigenvalue weighted by Gasteiger charge is -2.25. The molecule has 166 valence electrons. The predicted molar refractivity (Wildman–Crippen MR) is 127 cm³/mol. The van der Waals surface area contributed by atoms with E-state index in [1.54, 1.807) is 66.6 Å². The average molecular weight is 462 g/mol. The molecule has 1 aliphatic rings. The van der Waals surface area contributed by atoms with E-state index in [2.05, 4.69) is 0 Å². The molecule has 0 aliphatic carbocycles. The molecule has 0 saturated heterocycles. The van der Waals surface area contributed by atoms with Crippen LogP contribution in [0.4, 0.5) is 5.69 Å². The summed E-state index contributed by atoms with van der Waals surface area (Å²) in [4.78, 5) is 28.8. The third-order valence-corrected chi connectivity index (χ3v) is 5.92. The van der Waals surface area contributed by atoms with Crippen molar-refractivity contribution in [2.45, 2.75) is 13.0 Å². The van der Waals surface area contributed by atoms with E-state index < -0.39 is 6.04 Å². The molecule has 0 fully saturated rings. The van der Waals surface area contributed by atoms with Gasteiger partial charge in [0, 0.05) is 10.7 Å². The first-order valence-electron chi connectivity index (χ1n) is 10.5. The van der Waals surface area contributed by atoms with Crippen LogP contribution >= 0.6 is 11.6 Å². The van der Waals surface area contributed by atoms with Gasteiger partial charge in [-0.1, -0.05) is 23.7 Å². The molecule has 0 bridgehead atoms. The Balaban J connectivity index is 1.73. The Morgan fingerprint density at radius 2 is 1.67 bits per heavy atom. The van der Waals surface area contributed by atoms with Crippen molar-refractivity contribution >= 4 is 34.2 Å². The number of nitrogens with zero attached hydrogens (tertiary/aromatic N) is 1. The van der Waals surface area contributed by atoms with E-state index in [0.717, 1.165) is 5.56 Å². The summed E-state index contributed by atoms with van der Waals surface area (Å²) in [5.74, 6) is 1.02. The Labute approximate surface area is 194 Å². The summed E-state index contributed by atoms with van der Waals surface area (Å²) >= 11 is 6.14. The number of hydrogen-bond acceptors (Lipinski definition) is 5. The van der Waals surface area contributed by atoms with Crippen molar-refractivity contribution in [3.05, 3.63) is 98.9 Å². The number of amides is 1. The molecule has 33 heavy (non-hydrogen) atoms. The number of ether oxygens (including phenoxy) is 2. The molecule has 7 heteroatoms. The van der Waals surface area contributed by atoms with Crippen LogP contribution < -0.4 is 19.8 Å². The summed E-state index contributed by atoms with van der Waals surface area (Å²) in [5.41, 5.74) is 1.70. The fourth-order valence-electron chi connectivity index (χ4n) is 4.18. The van der Waals surface area contributed by atoms with Gasteiger partial charge in [-0.2, -0.15) is 0 Å². The number of methoxy groups -OCH3 is 1. The standard InChI is InChI=1S/C26H20ClNO5/c1-3-32-19-11-7-17(8-12-19)28-23(15-4-9-18(31-2)10-5-15)22-24(29)20-14-16(27)6-13-21(20)33-25(22)26(28)30/h4-14,23H,3H2,1-2H3. The molecule has 4 aromatic rings. The molecule has 1 atom stereocenters. The summed E-state index contributed by atoms with van der Waals surface area (Å²) in [7, 11) is 1.58. The summed E-state index contributed by atoms with van der Waals surface area (Å²) in [6.07, 6.45) is 0. The highest BCUT2D eigenvalue weighted by Gasteiger charge is 2.43. The van der Waals surface area contributed by atoms with Gasteiger partial charge in [-0.05, 0) is 67.1 Å². The van der Waals surface area contributed by atoms with Crippen LogP contribution in [0.3, 0.4) is 0 Å². The Kier molecular flexibility index (Phi) is 5.30. The van der Waals surface area contributed by atoms with Crippen molar-refractivity contribution in [1.29, 1.82) is 0 Å². The molecular formula is C26H20ClNO5. The second-order valence-corrected chi connectivity index (χ2v) is 8.03. The minimum atomic E-state index is -0.670. The SMILES string of the molecule is CCOc1ccc(N2C(=O)c3oc4ccc(Cl)cc4c(=O)c3C2c2ccc(OC)cc2)cc1. The van der Waals surface area contributed by atoms with Gasteiger partial charge in [-0.25, -0.2) is 0 Å². The van der Waals surface area contributed by atoms with Crippen LogP contribution in [0.15, 0.2) is 75.9 Å². The van der Waals surface area contributed by atoms with Gasteiger partial charge in [0.15, 0.2) is 5.43 Å². The molecule has 1 aliphatic heterocycles. The van der Waals surface area contributed by atoms with E-state index in [0.29, 0.717) is 39.8 Å². The Bertz CT molecular complexity index is 1410. The van der Waals surface area contributed by atoms with Crippen molar-refractivity contribution in [1.82, 2.24) is 0 Å². The summed E-state index contributed by atoms with van der Waals surface area (Å²) in [5, 5.41) is 0.754. The lowest BCUT2D eigenvalue weighted by Crippen LogP contribution is -2.29. The van der Waals surface area contributed by atoms with Crippen molar-refractivity contribution in [2.75, 3.05) is 18.6 Å². The van der Waals surface area contributed by atoms with Crippen LogP contribution in [0.5, 0.6) is 11.5 Å². The van der Waals surface area contributed by atoms with Crippen LogP contribution in [-0.2, 0) is 0 Å². The predicted octanol–water partition coefficient (Wildman–Crippen LogP) is 5.60. The topological polar surface area (TPSA) is 69.0 Å². The van der Waals surface area contributed by atoms with Gasteiger partial charge in [0.2, 0.25) is 5.76 Å². The largest absolute Gasteiger partial charge is 0.497 e. The zero-order chi connectivity index (χ0) is 23.1. The number of carbonyl (C=O) groups excluding carboxylic acids is 1. The summed E-state index contributed by atoms with van der Waals surface area (Å²) in [6.45, 7) is 2.44. The highest BCUT2D eigenvalue weighted by molar-refractivity contribution is 6.31. The third-order valence-electron chi connectivity index (χ3n) is 5.69. The molecular weight excluding hydrogens is 442 g/mol. The van der Waals surface area contributed by atoms with Crippen LogP contribution in [0.1, 0.15) is 34.6 Å². The zero-order valence-corrected chi connectivity index (χ0v) is 18.8. The Morgan fingerprint density at radius 1 is 0.970 bits per heavy atom. The van der Waals surface area contributed by atoms with Gasteiger partial charge in [0.1, 0.15) is 17.1 Å². The minimum absolute atomic E-state index is 0.0320. The third kappa shape index (κ3) is 3.52.